The highest BCUT2D eigenvalue weighted by molar-refractivity contribution is 5.94. The topological polar surface area (TPSA) is 41.5 Å². The fraction of sp³-hybridized carbons (Fsp3) is 0.0476. The third-order valence-electron chi connectivity index (χ3n) is 3.81. The van der Waals surface area contributed by atoms with E-state index < -0.39 is 0 Å². The van der Waals surface area contributed by atoms with Crippen LogP contribution in [0.15, 0.2) is 90.0 Å². The second-order valence-electron chi connectivity index (χ2n) is 5.53. The van der Waals surface area contributed by atoms with Crippen molar-refractivity contribution in [3.8, 4) is 0 Å². The molecule has 124 valence electrons. The van der Waals surface area contributed by atoms with Crippen molar-refractivity contribution >= 4 is 12.1 Å². The van der Waals surface area contributed by atoms with Gasteiger partial charge in [-0.2, -0.15) is 5.10 Å². The molecule has 1 amide bonds. The first kappa shape index (κ1) is 16.6. The van der Waals surface area contributed by atoms with Crippen LogP contribution in [0.4, 0.5) is 4.39 Å². The minimum Gasteiger partial charge on any atom is -0.267 e. The number of amides is 1. The van der Waals surface area contributed by atoms with Crippen LogP contribution in [0.3, 0.4) is 0 Å². The fourth-order valence-electron chi connectivity index (χ4n) is 2.52. The van der Waals surface area contributed by atoms with Gasteiger partial charge in [-0.05, 0) is 35.4 Å². The average molecular weight is 332 g/mol. The number of rotatable bonds is 5. The lowest BCUT2D eigenvalue weighted by atomic mass is 9.92. The number of hydrogen-bond acceptors (Lipinski definition) is 2. The maximum Gasteiger partial charge on any atom is 0.271 e. The molecule has 0 unspecified atom stereocenters. The Balaban J connectivity index is 1.77. The molecule has 0 aliphatic heterocycles. The van der Waals surface area contributed by atoms with Crippen molar-refractivity contribution in [1.29, 1.82) is 0 Å². The number of nitrogens with one attached hydrogen (secondary N) is 1. The molecule has 0 bridgehead atoms. The molecule has 0 aromatic heterocycles. The highest BCUT2D eigenvalue weighted by atomic mass is 19.1. The number of nitrogens with zero attached hydrogens (tertiary/aromatic N) is 1. The van der Waals surface area contributed by atoms with E-state index in [2.05, 4.69) is 10.5 Å². The predicted molar refractivity (Wildman–Crippen MR) is 97.1 cm³/mol. The number of halogens is 1. The zero-order chi connectivity index (χ0) is 17.5. The molecule has 25 heavy (non-hydrogen) atoms. The van der Waals surface area contributed by atoms with Gasteiger partial charge < -0.3 is 0 Å². The summed E-state index contributed by atoms with van der Waals surface area (Å²) >= 11 is 0. The quantitative estimate of drug-likeness (QED) is 0.547. The molecule has 0 spiro atoms. The van der Waals surface area contributed by atoms with Gasteiger partial charge in [0, 0.05) is 17.7 Å². The van der Waals surface area contributed by atoms with E-state index in [0.717, 1.165) is 11.1 Å². The highest BCUT2D eigenvalue weighted by Crippen LogP contribution is 2.22. The van der Waals surface area contributed by atoms with Crippen molar-refractivity contribution in [3.63, 3.8) is 0 Å². The van der Waals surface area contributed by atoms with E-state index in [9.17, 15) is 9.18 Å². The van der Waals surface area contributed by atoms with Gasteiger partial charge in [0.15, 0.2) is 0 Å². The van der Waals surface area contributed by atoms with E-state index in [0.29, 0.717) is 5.56 Å². The molecule has 0 fully saturated rings. The Hall–Kier alpha value is -3.27. The summed E-state index contributed by atoms with van der Waals surface area (Å²) in [6.45, 7) is 0. The van der Waals surface area contributed by atoms with Gasteiger partial charge in [-0.1, -0.05) is 60.7 Å². The summed E-state index contributed by atoms with van der Waals surface area (Å²) in [7, 11) is 0. The van der Waals surface area contributed by atoms with E-state index in [4.69, 9.17) is 0 Å². The maximum absolute atomic E-state index is 12.9. The molecule has 3 aromatic carbocycles. The molecule has 3 nitrogen and oxygen atoms in total. The number of hydrogen-bond donors (Lipinski definition) is 1. The molecule has 0 saturated carbocycles. The second kappa shape index (κ2) is 8.02. The molecular weight excluding hydrogens is 315 g/mol. The Kier molecular flexibility index (Phi) is 5.32. The lowest BCUT2D eigenvalue weighted by Gasteiger charge is -2.13. The van der Waals surface area contributed by atoms with E-state index in [1.165, 1.54) is 24.3 Å². The Labute approximate surface area is 145 Å². The zero-order valence-electron chi connectivity index (χ0n) is 13.5. The Morgan fingerprint density at radius 3 is 1.88 bits per heavy atom. The highest BCUT2D eigenvalue weighted by Gasteiger charge is 2.11. The largest absolute Gasteiger partial charge is 0.271 e. The normalized spacial score (nSPS) is 11.0. The SMILES string of the molecule is O=C(NN=CC(c1ccccc1)c1ccccc1)c1ccc(F)cc1. The van der Waals surface area contributed by atoms with E-state index in [1.807, 2.05) is 60.7 Å². The van der Waals surface area contributed by atoms with Gasteiger partial charge in [-0.25, -0.2) is 9.82 Å². The van der Waals surface area contributed by atoms with Crippen LogP contribution in [-0.2, 0) is 0 Å². The van der Waals surface area contributed by atoms with Crippen LogP contribution in [0.2, 0.25) is 0 Å². The number of carbonyl (C=O) groups is 1. The first-order valence-electron chi connectivity index (χ1n) is 7.93. The summed E-state index contributed by atoms with van der Waals surface area (Å²) in [6, 6.07) is 25.2. The van der Waals surface area contributed by atoms with Crippen LogP contribution in [0.25, 0.3) is 0 Å². The molecule has 0 aliphatic carbocycles. The molecular formula is C21H17FN2O. The van der Waals surface area contributed by atoms with Gasteiger partial charge in [-0.3, -0.25) is 4.79 Å². The van der Waals surface area contributed by atoms with Crippen LogP contribution in [0, 0.1) is 5.82 Å². The van der Waals surface area contributed by atoms with E-state index >= 15 is 0 Å². The summed E-state index contributed by atoms with van der Waals surface area (Å²) in [4.78, 5) is 12.1. The average Bonchev–Trinajstić information content (AvgIpc) is 2.67. The number of benzene rings is 3. The first-order chi connectivity index (χ1) is 12.2. The molecule has 0 aliphatic rings. The number of hydrazone groups is 1. The van der Waals surface area contributed by atoms with Crippen LogP contribution in [-0.4, -0.2) is 12.1 Å². The summed E-state index contributed by atoms with van der Waals surface area (Å²) in [5, 5.41) is 4.10. The molecule has 0 saturated heterocycles. The minimum atomic E-state index is -0.381. The maximum atomic E-state index is 12.9. The van der Waals surface area contributed by atoms with Gasteiger partial charge in [0.1, 0.15) is 5.82 Å². The van der Waals surface area contributed by atoms with Crippen LogP contribution >= 0.6 is 0 Å². The summed E-state index contributed by atoms with van der Waals surface area (Å²) in [5.74, 6) is -0.833. The monoisotopic (exact) mass is 332 g/mol. The Morgan fingerprint density at radius 2 is 1.36 bits per heavy atom. The van der Waals surface area contributed by atoms with Crippen molar-refractivity contribution in [2.45, 2.75) is 5.92 Å². The van der Waals surface area contributed by atoms with E-state index in [-0.39, 0.29) is 17.6 Å². The fourth-order valence-corrected chi connectivity index (χ4v) is 2.52. The van der Waals surface area contributed by atoms with Crippen LogP contribution in [0.5, 0.6) is 0 Å². The molecule has 0 atom stereocenters. The smallest absolute Gasteiger partial charge is 0.267 e. The Morgan fingerprint density at radius 1 is 0.840 bits per heavy atom. The standard InChI is InChI=1S/C21H17FN2O/c22-19-13-11-18(12-14-19)21(25)24-23-15-20(16-7-3-1-4-8-16)17-9-5-2-6-10-17/h1-15,20H,(H,24,25). The van der Waals surface area contributed by atoms with Crippen molar-refractivity contribution in [3.05, 3.63) is 107 Å². The third-order valence-corrected chi connectivity index (χ3v) is 3.81. The summed E-state index contributed by atoms with van der Waals surface area (Å²) < 4.78 is 12.9. The molecule has 3 aromatic rings. The third kappa shape index (κ3) is 4.38. The lowest BCUT2D eigenvalue weighted by Crippen LogP contribution is -2.18. The van der Waals surface area contributed by atoms with Gasteiger partial charge in [0.05, 0.1) is 0 Å². The van der Waals surface area contributed by atoms with Gasteiger partial charge >= 0.3 is 0 Å². The second-order valence-corrected chi connectivity index (χ2v) is 5.53. The molecule has 1 N–H and O–H groups in total. The molecule has 0 heterocycles. The van der Waals surface area contributed by atoms with Gasteiger partial charge in [-0.15, -0.1) is 0 Å². The zero-order valence-corrected chi connectivity index (χ0v) is 13.5. The van der Waals surface area contributed by atoms with Crippen LogP contribution < -0.4 is 5.43 Å². The van der Waals surface area contributed by atoms with Crippen molar-refractivity contribution in [2.24, 2.45) is 5.10 Å². The van der Waals surface area contributed by atoms with E-state index in [1.54, 1.807) is 6.21 Å². The first-order valence-corrected chi connectivity index (χ1v) is 7.93. The van der Waals surface area contributed by atoms with Gasteiger partial charge in [0.2, 0.25) is 0 Å². The van der Waals surface area contributed by atoms with Crippen LogP contribution in [0.1, 0.15) is 27.4 Å². The molecule has 4 heteroatoms. The van der Waals surface area contributed by atoms with Crippen molar-refractivity contribution in [2.75, 3.05) is 0 Å². The van der Waals surface area contributed by atoms with Gasteiger partial charge in [0.25, 0.3) is 5.91 Å². The molecule has 0 radical (unpaired) electrons. The van der Waals surface area contributed by atoms with Crippen molar-refractivity contribution < 1.29 is 9.18 Å². The molecule has 3 rings (SSSR count). The summed E-state index contributed by atoms with van der Waals surface area (Å²) in [6.07, 6.45) is 1.70. The predicted octanol–water partition coefficient (Wildman–Crippen LogP) is 4.37. The minimum absolute atomic E-state index is 0.0732. The summed E-state index contributed by atoms with van der Waals surface area (Å²) in [5.41, 5.74) is 5.01. The lowest BCUT2D eigenvalue weighted by molar-refractivity contribution is 0.0955. The Bertz CT molecular complexity index is 807. The number of carbonyl (C=O) groups excluding carboxylic acids is 1. The van der Waals surface area contributed by atoms with Crippen molar-refractivity contribution in [1.82, 2.24) is 5.43 Å².